The summed E-state index contributed by atoms with van der Waals surface area (Å²) >= 11 is 0. The lowest BCUT2D eigenvalue weighted by atomic mass is 10.3. The van der Waals surface area contributed by atoms with Crippen molar-refractivity contribution in [2.45, 2.75) is 26.1 Å². The molecular formula is C16H22N6O2. The van der Waals surface area contributed by atoms with Gasteiger partial charge >= 0.3 is 0 Å². The Hall–Kier alpha value is -2.32. The number of hydrogen-bond donors (Lipinski definition) is 2. The Balaban J connectivity index is 1.68. The number of aliphatic hydroxyl groups excluding tert-OH is 2. The normalized spacial score (nSPS) is 17.7. The van der Waals surface area contributed by atoms with E-state index in [0.29, 0.717) is 11.6 Å². The van der Waals surface area contributed by atoms with Crippen LogP contribution in [-0.2, 0) is 0 Å². The molecule has 1 fully saturated rings. The summed E-state index contributed by atoms with van der Waals surface area (Å²) in [6.45, 7) is 6.50. The molecule has 1 saturated heterocycles. The molecule has 8 nitrogen and oxygen atoms in total. The van der Waals surface area contributed by atoms with Crippen LogP contribution >= 0.6 is 0 Å². The van der Waals surface area contributed by atoms with Gasteiger partial charge in [0, 0.05) is 38.6 Å². The molecule has 1 aliphatic rings. The Bertz CT molecular complexity index is 626. The first-order chi connectivity index (χ1) is 11.5. The first-order valence-corrected chi connectivity index (χ1v) is 8.06. The van der Waals surface area contributed by atoms with Crippen molar-refractivity contribution < 1.29 is 10.2 Å². The Morgan fingerprint density at radius 1 is 0.792 bits per heavy atom. The third-order valence-electron chi connectivity index (χ3n) is 3.99. The van der Waals surface area contributed by atoms with Crippen LogP contribution in [-0.4, -0.2) is 56.3 Å². The molecule has 24 heavy (non-hydrogen) atoms. The molecule has 0 bridgehead atoms. The van der Waals surface area contributed by atoms with Gasteiger partial charge in [-0.15, -0.1) is 0 Å². The fourth-order valence-electron chi connectivity index (χ4n) is 2.65. The van der Waals surface area contributed by atoms with Crippen LogP contribution in [0.15, 0.2) is 24.5 Å². The molecule has 3 rings (SSSR count). The summed E-state index contributed by atoms with van der Waals surface area (Å²) < 4.78 is 0. The molecule has 2 N–H and O–H groups in total. The smallest absolute Gasteiger partial charge is 0.158 e. The highest BCUT2D eigenvalue weighted by Gasteiger charge is 2.20. The molecule has 0 saturated carbocycles. The minimum atomic E-state index is -0.675. The second kappa shape index (κ2) is 7.06. The standard InChI is InChI=1S/C16H22N6O2/c1-11(23)15-17-5-3-13(19-15)21-7-9-22(10-8-21)14-4-6-18-16(20-14)12(2)24/h3-6,11-12,23-24H,7-10H2,1-2H3/t11-,12-/m1/s1. The third kappa shape index (κ3) is 3.60. The lowest BCUT2D eigenvalue weighted by Gasteiger charge is -2.36. The van der Waals surface area contributed by atoms with Gasteiger partial charge in [0.2, 0.25) is 0 Å². The van der Waals surface area contributed by atoms with Crippen LogP contribution in [0, 0.1) is 0 Å². The summed E-state index contributed by atoms with van der Waals surface area (Å²) in [6.07, 6.45) is 2.00. The van der Waals surface area contributed by atoms with Gasteiger partial charge in [-0.1, -0.05) is 0 Å². The van der Waals surface area contributed by atoms with Gasteiger partial charge in [-0.05, 0) is 26.0 Å². The van der Waals surface area contributed by atoms with Crippen molar-refractivity contribution in [2.75, 3.05) is 36.0 Å². The van der Waals surface area contributed by atoms with Crippen LogP contribution in [0.4, 0.5) is 11.6 Å². The van der Waals surface area contributed by atoms with Crippen LogP contribution in [0.1, 0.15) is 37.7 Å². The number of piperazine rings is 1. The molecule has 8 heteroatoms. The molecular weight excluding hydrogens is 308 g/mol. The molecule has 0 spiro atoms. The van der Waals surface area contributed by atoms with Gasteiger partial charge in [0.25, 0.3) is 0 Å². The van der Waals surface area contributed by atoms with E-state index in [2.05, 4.69) is 29.7 Å². The fraction of sp³-hybridized carbons (Fsp3) is 0.500. The summed E-state index contributed by atoms with van der Waals surface area (Å²) in [5.41, 5.74) is 0. The van der Waals surface area contributed by atoms with Crippen LogP contribution in [0.3, 0.4) is 0 Å². The number of hydrogen-bond acceptors (Lipinski definition) is 8. The molecule has 2 atom stereocenters. The average Bonchev–Trinajstić information content (AvgIpc) is 2.62. The zero-order valence-corrected chi connectivity index (χ0v) is 13.9. The number of aliphatic hydroxyl groups is 2. The lowest BCUT2D eigenvalue weighted by Crippen LogP contribution is -2.47. The summed E-state index contributed by atoms with van der Waals surface area (Å²) in [6, 6.07) is 3.72. The summed E-state index contributed by atoms with van der Waals surface area (Å²) in [5, 5.41) is 19.2. The van der Waals surface area contributed by atoms with E-state index in [0.717, 1.165) is 37.8 Å². The van der Waals surface area contributed by atoms with Gasteiger partial charge in [0.05, 0.1) is 0 Å². The van der Waals surface area contributed by atoms with Crippen LogP contribution in [0.2, 0.25) is 0 Å². The third-order valence-corrected chi connectivity index (χ3v) is 3.99. The zero-order valence-electron chi connectivity index (χ0n) is 13.9. The Morgan fingerprint density at radius 2 is 1.17 bits per heavy atom. The second-order valence-corrected chi connectivity index (χ2v) is 5.87. The minimum Gasteiger partial charge on any atom is -0.385 e. The first-order valence-electron chi connectivity index (χ1n) is 8.06. The maximum Gasteiger partial charge on any atom is 0.158 e. The number of rotatable bonds is 4. The highest BCUT2D eigenvalue weighted by molar-refractivity contribution is 5.44. The van der Waals surface area contributed by atoms with Crippen molar-refractivity contribution >= 4 is 11.6 Å². The van der Waals surface area contributed by atoms with Gasteiger partial charge in [-0.3, -0.25) is 0 Å². The van der Waals surface area contributed by atoms with Gasteiger partial charge in [0.15, 0.2) is 11.6 Å². The first kappa shape index (κ1) is 16.5. The van der Waals surface area contributed by atoms with E-state index in [-0.39, 0.29) is 0 Å². The average molecular weight is 330 g/mol. The van der Waals surface area contributed by atoms with Crippen molar-refractivity contribution in [1.29, 1.82) is 0 Å². The van der Waals surface area contributed by atoms with Crippen molar-refractivity contribution in [2.24, 2.45) is 0 Å². The van der Waals surface area contributed by atoms with Crippen LogP contribution in [0.5, 0.6) is 0 Å². The second-order valence-electron chi connectivity index (χ2n) is 5.87. The SMILES string of the molecule is C[C@@H](O)c1nccc(N2CCN(c3ccnc([C@@H](C)O)n3)CC2)n1. The maximum atomic E-state index is 9.62. The van der Waals surface area contributed by atoms with Crippen molar-refractivity contribution in [3.8, 4) is 0 Å². The fourth-order valence-corrected chi connectivity index (χ4v) is 2.65. The molecule has 1 aliphatic heterocycles. The molecule has 0 aromatic carbocycles. The maximum absolute atomic E-state index is 9.62. The molecule has 0 amide bonds. The zero-order chi connectivity index (χ0) is 17.1. The predicted octanol–water partition coefficient (Wildman–Crippen LogP) is 0.700. The van der Waals surface area contributed by atoms with Crippen molar-refractivity contribution in [3.63, 3.8) is 0 Å². The van der Waals surface area contributed by atoms with E-state index in [4.69, 9.17) is 0 Å². The molecule has 2 aromatic heterocycles. The Morgan fingerprint density at radius 3 is 1.50 bits per heavy atom. The van der Waals surface area contributed by atoms with Gasteiger partial charge < -0.3 is 20.0 Å². The molecule has 3 heterocycles. The summed E-state index contributed by atoms with van der Waals surface area (Å²) in [7, 11) is 0. The topological polar surface area (TPSA) is 98.5 Å². The van der Waals surface area contributed by atoms with Crippen molar-refractivity contribution in [3.05, 3.63) is 36.2 Å². The Labute approximate surface area is 140 Å². The number of anilines is 2. The van der Waals surface area contributed by atoms with E-state index < -0.39 is 12.2 Å². The predicted molar refractivity (Wildman–Crippen MR) is 89.8 cm³/mol. The number of aromatic nitrogens is 4. The van der Waals surface area contributed by atoms with E-state index in [1.807, 2.05) is 12.1 Å². The highest BCUT2D eigenvalue weighted by atomic mass is 16.3. The van der Waals surface area contributed by atoms with Crippen LogP contribution in [0.25, 0.3) is 0 Å². The quantitative estimate of drug-likeness (QED) is 0.845. The van der Waals surface area contributed by atoms with Gasteiger partial charge in [0.1, 0.15) is 23.8 Å². The Kier molecular flexibility index (Phi) is 4.86. The molecule has 2 aromatic rings. The van der Waals surface area contributed by atoms with E-state index in [1.165, 1.54) is 0 Å². The van der Waals surface area contributed by atoms with E-state index in [1.54, 1.807) is 26.2 Å². The monoisotopic (exact) mass is 330 g/mol. The highest BCUT2D eigenvalue weighted by Crippen LogP contribution is 2.19. The van der Waals surface area contributed by atoms with Crippen molar-refractivity contribution in [1.82, 2.24) is 19.9 Å². The number of nitrogens with zero attached hydrogens (tertiary/aromatic N) is 6. The summed E-state index contributed by atoms with van der Waals surface area (Å²) in [4.78, 5) is 21.3. The minimum absolute atomic E-state index is 0.437. The molecule has 0 aliphatic carbocycles. The van der Waals surface area contributed by atoms with Crippen LogP contribution < -0.4 is 9.80 Å². The van der Waals surface area contributed by atoms with Gasteiger partial charge in [-0.2, -0.15) is 0 Å². The molecule has 128 valence electrons. The molecule has 0 radical (unpaired) electrons. The van der Waals surface area contributed by atoms with E-state index in [9.17, 15) is 10.2 Å². The molecule has 0 unspecified atom stereocenters. The lowest BCUT2D eigenvalue weighted by molar-refractivity contribution is 0.188. The van der Waals surface area contributed by atoms with E-state index >= 15 is 0 Å². The largest absolute Gasteiger partial charge is 0.385 e. The summed E-state index contributed by atoms with van der Waals surface area (Å²) in [5.74, 6) is 2.53. The van der Waals surface area contributed by atoms with Gasteiger partial charge in [-0.25, -0.2) is 19.9 Å².